The molecule has 19 heavy (non-hydrogen) atoms. The number of nitro benzene ring substituents is 1. The zero-order valence-corrected chi connectivity index (χ0v) is 10.4. The molecule has 0 aliphatic carbocycles. The van der Waals surface area contributed by atoms with Crippen molar-refractivity contribution in [3.8, 4) is 0 Å². The zero-order valence-electron chi connectivity index (χ0n) is 10.4. The number of methoxy groups -OCH3 is 1. The first kappa shape index (κ1) is 14.4. The lowest BCUT2D eigenvalue weighted by Crippen LogP contribution is -2.25. The van der Waals surface area contributed by atoms with Crippen LogP contribution in [0.1, 0.15) is 12.5 Å². The van der Waals surface area contributed by atoms with Crippen LogP contribution >= 0.6 is 0 Å². The van der Waals surface area contributed by atoms with E-state index in [2.05, 4.69) is 10.1 Å². The van der Waals surface area contributed by atoms with Crippen molar-refractivity contribution in [3.63, 3.8) is 0 Å². The molecule has 0 fully saturated rings. The number of ether oxygens (including phenoxy) is 1. The molecule has 0 aliphatic rings. The van der Waals surface area contributed by atoms with Crippen LogP contribution in [0.2, 0.25) is 0 Å². The number of para-hydroxylation sites is 1. The molecule has 0 radical (unpaired) electrons. The molecule has 1 aromatic carbocycles. The van der Waals surface area contributed by atoms with Crippen molar-refractivity contribution in [3.05, 3.63) is 45.6 Å². The number of nitro groups is 1. The Labute approximate surface area is 109 Å². The van der Waals surface area contributed by atoms with Gasteiger partial charge in [-0.3, -0.25) is 14.9 Å². The summed E-state index contributed by atoms with van der Waals surface area (Å²) in [6, 6.07) is 5.85. The first-order valence-corrected chi connectivity index (χ1v) is 5.26. The van der Waals surface area contributed by atoms with E-state index in [0.29, 0.717) is 0 Å². The monoisotopic (exact) mass is 264 g/mol. The highest BCUT2D eigenvalue weighted by Crippen LogP contribution is 2.20. The van der Waals surface area contributed by atoms with E-state index in [1.54, 1.807) is 6.07 Å². The van der Waals surface area contributed by atoms with E-state index in [-0.39, 0.29) is 16.9 Å². The quantitative estimate of drug-likeness (QED) is 0.382. The summed E-state index contributed by atoms with van der Waals surface area (Å²) in [5.74, 6) is -1.26. The number of carbonyl (C=O) groups excluding carboxylic acids is 2. The van der Waals surface area contributed by atoms with E-state index in [1.165, 1.54) is 31.2 Å². The minimum absolute atomic E-state index is 0.163. The molecule has 0 saturated carbocycles. The number of hydrogen-bond donors (Lipinski definition) is 1. The van der Waals surface area contributed by atoms with Gasteiger partial charge >= 0.3 is 5.97 Å². The maximum absolute atomic E-state index is 11.5. The van der Waals surface area contributed by atoms with Gasteiger partial charge in [-0.2, -0.15) is 0 Å². The lowest BCUT2D eigenvalue weighted by molar-refractivity contribution is -0.385. The second kappa shape index (κ2) is 6.29. The highest BCUT2D eigenvalue weighted by molar-refractivity contribution is 5.97. The molecule has 1 N–H and O–H groups in total. The molecule has 100 valence electrons. The molecule has 7 nitrogen and oxygen atoms in total. The fourth-order valence-electron chi connectivity index (χ4n) is 1.38. The molecule has 7 heteroatoms. The van der Waals surface area contributed by atoms with Gasteiger partial charge in [-0.15, -0.1) is 0 Å². The molecule has 0 atom stereocenters. The first-order valence-electron chi connectivity index (χ1n) is 5.26. The van der Waals surface area contributed by atoms with E-state index >= 15 is 0 Å². The zero-order chi connectivity index (χ0) is 14.4. The Kier molecular flexibility index (Phi) is 4.76. The van der Waals surface area contributed by atoms with Crippen molar-refractivity contribution in [1.29, 1.82) is 0 Å². The molecule has 0 aromatic heterocycles. The van der Waals surface area contributed by atoms with E-state index in [4.69, 9.17) is 0 Å². The summed E-state index contributed by atoms with van der Waals surface area (Å²) >= 11 is 0. The van der Waals surface area contributed by atoms with Crippen LogP contribution in [-0.2, 0) is 14.3 Å². The molecule has 1 amide bonds. The second-order valence-corrected chi connectivity index (χ2v) is 3.55. The molecule has 0 spiro atoms. The molecule has 0 saturated heterocycles. The Morgan fingerprint density at radius 3 is 2.53 bits per heavy atom. The van der Waals surface area contributed by atoms with Crippen LogP contribution in [0.15, 0.2) is 30.0 Å². The van der Waals surface area contributed by atoms with E-state index in [0.717, 1.165) is 7.11 Å². The van der Waals surface area contributed by atoms with Gasteiger partial charge in [0, 0.05) is 13.0 Å². The summed E-state index contributed by atoms with van der Waals surface area (Å²) in [4.78, 5) is 32.7. The van der Waals surface area contributed by atoms with Gasteiger partial charge in [0.15, 0.2) is 0 Å². The third-order valence-electron chi connectivity index (χ3n) is 2.15. The predicted molar refractivity (Wildman–Crippen MR) is 66.9 cm³/mol. The van der Waals surface area contributed by atoms with Crippen LogP contribution in [-0.4, -0.2) is 23.9 Å². The number of amides is 1. The number of carbonyl (C=O) groups is 2. The number of nitrogens with zero attached hydrogens (tertiary/aromatic N) is 1. The van der Waals surface area contributed by atoms with Crippen molar-refractivity contribution in [2.45, 2.75) is 6.92 Å². The number of hydrogen-bond acceptors (Lipinski definition) is 5. The van der Waals surface area contributed by atoms with Gasteiger partial charge in [0.25, 0.3) is 5.69 Å². The van der Waals surface area contributed by atoms with E-state index < -0.39 is 16.8 Å². The average molecular weight is 264 g/mol. The van der Waals surface area contributed by atoms with Gasteiger partial charge in [0.05, 0.1) is 17.6 Å². The van der Waals surface area contributed by atoms with Crippen molar-refractivity contribution in [2.24, 2.45) is 0 Å². The Morgan fingerprint density at radius 1 is 1.37 bits per heavy atom. The first-order chi connectivity index (χ1) is 8.95. The number of esters is 1. The smallest absolute Gasteiger partial charge is 0.354 e. The van der Waals surface area contributed by atoms with Gasteiger partial charge in [0.2, 0.25) is 5.91 Å². The fourth-order valence-corrected chi connectivity index (χ4v) is 1.38. The summed E-state index contributed by atoms with van der Waals surface area (Å²) in [7, 11) is 1.15. The summed E-state index contributed by atoms with van der Waals surface area (Å²) in [5, 5.41) is 13.1. The van der Waals surface area contributed by atoms with Crippen LogP contribution < -0.4 is 5.32 Å². The van der Waals surface area contributed by atoms with Crippen molar-refractivity contribution in [2.75, 3.05) is 7.11 Å². The van der Waals surface area contributed by atoms with Crippen LogP contribution in [0, 0.1) is 10.1 Å². The van der Waals surface area contributed by atoms with Crippen LogP contribution in [0.5, 0.6) is 0 Å². The van der Waals surface area contributed by atoms with Gasteiger partial charge in [-0.1, -0.05) is 12.1 Å². The normalized spacial score (nSPS) is 10.7. The summed E-state index contributed by atoms with van der Waals surface area (Å²) < 4.78 is 4.49. The summed E-state index contributed by atoms with van der Waals surface area (Å²) in [6.45, 7) is 1.22. The highest BCUT2D eigenvalue weighted by Gasteiger charge is 2.16. The summed E-state index contributed by atoms with van der Waals surface area (Å²) in [5.41, 5.74) is -0.139. The minimum atomic E-state index is -0.784. The Balaban J connectivity index is 3.25. The van der Waals surface area contributed by atoms with Crippen LogP contribution in [0.4, 0.5) is 5.69 Å². The van der Waals surface area contributed by atoms with Gasteiger partial charge in [-0.25, -0.2) is 4.79 Å². The predicted octanol–water partition coefficient (Wildman–Crippen LogP) is 1.24. The van der Waals surface area contributed by atoms with Gasteiger partial charge in [-0.05, 0) is 12.1 Å². The second-order valence-electron chi connectivity index (χ2n) is 3.55. The molecular weight excluding hydrogens is 252 g/mol. The van der Waals surface area contributed by atoms with Crippen molar-refractivity contribution >= 4 is 23.6 Å². The Bertz CT molecular complexity index is 551. The van der Waals surface area contributed by atoms with Crippen LogP contribution in [0.3, 0.4) is 0 Å². The summed E-state index contributed by atoms with van der Waals surface area (Å²) in [6.07, 6.45) is 1.20. The molecule has 0 bridgehead atoms. The Hall–Kier alpha value is -2.70. The topological polar surface area (TPSA) is 98.5 Å². The number of rotatable bonds is 4. The fraction of sp³-hybridized carbons (Fsp3) is 0.167. The molecule has 1 rings (SSSR count). The lowest BCUT2D eigenvalue weighted by Gasteiger charge is -2.06. The van der Waals surface area contributed by atoms with Gasteiger partial charge in [0.1, 0.15) is 5.70 Å². The SMILES string of the molecule is COC(=O)/C(=C\c1ccccc1[N+](=O)[O-])NC(C)=O. The van der Waals surface area contributed by atoms with E-state index in [9.17, 15) is 19.7 Å². The van der Waals surface area contributed by atoms with Crippen molar-refractivity contribution in [1.82, 2.24) is 5.32 Å². The minimum Gasteiger partial charge on any atom is -0.464 e. The highest BCUT2D eigenvalue weighted by atomic mass is 16.6. The lowest BCUT2D eigenvalue weighted by atomic mass is 10.1. The van der Waals surface area contributed by atoms with Crippen LogP contribution in [0.25, 0.3) is 6.08 Å². The number of nitrogens with one attached hydrogen (secondary N) is 1. The van der Waals surface area contributed by atoms with Gasteiger partial charge < -0.3 is 10.1 Å². The molecule has 0 unspecified atom stereocenters. The van der Waals surface area contributed by atoms with E-state index in [1.807, 2.05) is 0 Å². The standard InChI is InChI=1S/C12H12N2O5/c1-8(15)13-10(12(16)19-2)7-9-5-3-4-6-11(9)14(17)18/h3-7H,1-2H3,(H,13,15)/b10-7+. The maximum Gasteiger partial charge on any atom is 0.354 e. The number of benzene rings is 1. The molecule has 1 aromatic rings. The third-order valence-corrected chi connectivity index (χ3v) is 2.15. The third kappa shape index (κ3) is 3.91. The average Bonchev–Trinajstić information content (AvgIpc) is 2.36. The largest absolute Gasteiger partial charge is 0.464 e. The molecule has 0 aliphatic heterocycles. The maximum atomic E-state index is 11.5. The van der Waals surface area contributed by atoms with Crippen molar-refractivity contribution < 1.29 is 19.2 Å². The Morgan fingerprint density at radius 2 is 2.00 bits per heavy atom. The molecule has 0 heterocycles. The molecular formula is C12H12N2O5.